The van der Waals surface area contributed by atoms with Crippen molar-refractivity contribution >= 4 is 0 Å². The SMILES string of the molecule is COc1cc(-c2noc([C@@H](NC[C@H](O)COCc3ccccc3)C(C)C)n2)cc(OC)c1OC. The highest BCUT2D eigenvalue weighted by Crippen LogP contribution is 2.40. The van der Waals surface area contributed by atoms with Gasteiger partial charge in [-0.1, -0.05) is 49.3 Å². The van der Waals surface area contributed by atoms with E-state index < -0.39 is 6.10 Å². The van der Waals surface area contributed by atoms with E-state index in [1.54, 1.807) is 33.5 Å². The van der Waals surface area contributed by atoms with Crippen molar-refractivity contribution in [1.29, 1.82) is 0 Å². The lowest BCUT2D eigenvalue weighted by molar-refractivity contribution is 0.0262. The normalized spacial score (nSPS) is 13.0. The number of aliphatic hydroxyl groups excluding tert-OH is 1. The predicted molar refractivity (Wildman–Crippen MR) is 127 cm³/mol. The average Bonchev–Trinajstić information content (AvgIpc) is 3.33. The number of aromatic nitrogens is 2. The first-order valence-corrected chi connectivity index (χ1v) is 11.1. The van der Waals surface area contributed by atoms with Gasteiger partial charge in [0.2, 0.25) is 17.5 Å². The minimum Gasteiger partial charge on any atom is -0.493 e. The molecule has 0 radical (unpaired) electrons. The van der Waals surface area contributed by atoms with Gasteiger partial charge in [0.15, 0.2) is 11.5 Å². The third-order valence-electron chi connectivity index (χ3n) is 5.29. The number of nitrogens with one attached hydrogen (secondary N) is 1. The average molecular weight is 472 g/mol. The van der Waals surface area contributed by atoms with Gasteiger partial charge in [0, 0.05) is 12.1 Å². The van der Waals surface area contributed by atoms with Crippen molar-refractivity contribution in [1.82, 2.24) is 15.5 Å². The standard InChI is InChI=1S/C25H33N3O6/c1-16(2)22(26-13-19(29)15-33-14-17-9-7-6-8-10-17)25-27-24(28-34-25)18-11-20(30-3)23(32-5)21(12-18)31-4/h6-12,16,19,22,26,29H,13-15H2,1-5H3/t19-,22-/m0/s1. The van der Waals surface area contributed by atoms with Gasteiger partial charge in [-0.05, 0) is 23.6 Å². The Bertz CT molecular complexity index is 999. The van der Waals surface area contributed by atoms with Crippen LogP contribution in [0.5, 0.6) is 17.2 Å². The van der Waals surface area contributed by atoms with Crippen molar-refractivity contribution in [3.63, 3.8) is 0 Å². The summed E-state index contributed by atoms with van der Waals surface area (Å²) in [5.74, 6) is 2.46. The summed E-state index contributed by atoms with van der Waals surface area (Å²) in [4.78, 5) is 4.58. The van der Waals surface area contributed by atoms with E-state index >= 15 is 0 Å². The molecule has 1 heterocycles. The Kier molecular flexibility index (Phi) is 9.26. The fraction of sp³-hybridized carbons (Fsp3) is 0.440. The molecule has 2 aromatic carbocycles. The molecule has 2 atom stereocenters. The highest BCUT2D eigenvalue weighted by molar-refractivity contribution is 5.66. The second kappa shape index (κ2) is 12.4. The third kappa shape index (κ3) is 6.47. The molecule has 3 rings (SSSR count). The van der Waals surface area contributed by atoms with E-state index in [9.17, 15) is 5.11 Å². The van der Waals surface area contributed by atoms with Crippen LogP contribution in [0.15, 0.2) is 47.0 Å². The summed E-state index contributed by atoms with van der Waals surface area (Å²) < 4.78 is 27.4. The number of hydrogen-bond acceptors (Lipinski definition) is 9. The molecule has 0 unspecified atom stereocenters. The van der Waals surface area contributed by atoms with Crippen molar-refractivity contribution < 1.29 is 28.6 Å². The molecule has 2 N–H and O–H groups in total. The number of aliphatic hydroxyl groups is 1. The van der Waals surface area contributed by atoms with Crippen LogP contribution in [0.3, 0.4) is 0 Å². The van der Waals surface area contributed by atoms with Crippen LogP contribution < -0.4 is 19.5 Å². The molecule has 0 aliphatic carbocycles. The third-order valence-corrected chi connectivity index (χ3v) is 5.29. The topological polar surface area (TPSA) is 108 Å². The van der Waals surface area contributed by atoms with Crippen molar-refractivity contribution in [2.75, 3.05) is 34.5 Å². The molecule has 3 aromatic rings. The van der Waals surface area contributed by atoms with Crippen molar-refractivity contribution in [3.8, 4) is 28.6 Å². The predicted octanol–water partition coefficient (Wildman–Crippen LogP) is 3.63. The molecular formula is C25H33N3O6. The Hall–Kier alpha value is -3.14. The zero-order valence-electron chi connectivity index (χ0n) is 20.3. The lowest BCUT2D eigenvalue weighted by Gasteiger charge is -2.20. The minimum atomic E-state index is -0.678. The van der Waals surface area contributed by atoms with E-state index in [0.717, 1.165) is 5.56 Å². The molecule has 34 heavy (non-hydrogen) atoms. The summed E-state index contributed by atoms with van der Waals surface area (Å²) >= 11 is 0. The van der Waals surface area contributed by atoms with Crippen LogP contribution in [0.2, 0.25) is 0 Å². The molecule has 0 amide bonds. The Balaban J connectivity index is 1.64. The molecule has 0 fully saturated rings. The van der Waals surface area contributed by atoms with E-state index in [0.29, 0.717) is 47.7 Å². The molecule has 0 aliphatic heterocycles. The molecular weight excluding hydrogens is 438 g/mol. The zero-order chi connectivity index (χ0) is 24.5. The maximum atomic E-state index is 10.4. The van der Waals surface area contributed by atoms with E-state index in [4.69, 9.17) is 23.5 Å². The maximum Gasteiger partial charge on any atom is 0.244 e. The first kappa shape index (κ1) is 25.5. The molecule has 0 saturated heterocycles. The van der Waals surface area contributed by atoms with Gasteiger partial charge in [0.1, 0.15) is 0 Å². The van der Waals surface area contributed by atoms with Gasteiger partial charge in [0.05, 0.1) is 46.7 Å². The molecule has 0 saturated carbocycles. The molecule has 9 nitrogen and oxygen atoms in total. The fourth-order valence-corrected chi connectivity index (χ4v) is 3.51. The van der Waals surface area contributed by atoms with Crippen molar-refractivity contribution in [3.05, 3.63) is 53.9 Å². The number of rotatable bonds is 13. The summed E-state index contributed by atoms with van der Waals surface area (Å²) in [6, 6.07) is 13.1. The highest BCUT2D eigenvalue weighted by Gasteiger charge is 2.24. The van der Waals surface area contributed by atoms with Gasteiger partial charge in [0.25, 0.3) is 0 Å². The summed E-state index contributed by atoms with van der Waals surface area (Å²) in [5, 5.41) is 17.8. The lowest BCUT2D eigenvalue weighted by atomic mass is 10.0. The number of ether oxygens (including phenoxy) is 4. The summed E-state index contributed by atoms with van der Waals surface area (Å²) in [5.41, 5.74) is 1.73. The Morgan fingerprint density at radius 1 is 1.00 bits per heavy atom. The molecule has 184 valence electrons. The quantitative estimate of drug-likeness (QED) is 0.386. The van der Waals surface area contributed by atoms with E-state index in [2.05, 4.69) is 15.5 Å². The van der Waals surface area contributed by atoms with Gasteiger partial charge in [-0.2, -0.15) is 4.98 Å². The maximum absolute atomic E-state index is 10.4. The molecule has 1 aromatic heterocycles. The summed E-state index contributed by atoms with van der Waals surface area (Å²) in [6.07, 6.45) is -0.678. The smallest absolute Gasteiger partial charge is 0.244 e. The lowest BCUT2D eigenvalue weighted by Crippen LogP contribution is -2.35. The van der Waals surface area contributed by atoms with Crippen LogP contribution >= 0.6 is 0 Å². The van der Waals surface area contributed by atoms with Crippen LogP contribution in [0.25, 0.3) is 11.4 Å². The minimum absolute atomic E-state index is 0.144. The van der Waals surface area contributed by atoms with Crippen LogP contribution in [-0.2, 0) is 11.3 Å². The molecule has 0 bridgehead atoms. The largest absolute Gasteiger partial charge is 0.493 e. The summed E-state index contributed by atoms with van der Waals surface area (Å²) in [6.45, 7) is 5.07. The van der Waals surface area contributed by atoms with Crippen molar-refractivity contribution in [2.24, 2.45) is 5.92 Å². The molecule has 0 spiro atoms. The van der Waals surface area contributed by atoms with E-state index in [1.165, 1.54) is 0 Å². The first-order chi connectivity index (χ1) is 16.5. The van der Waals surface area contributed by atoms with Gasteiger partial charge in [-0.15, -0.1) is 0 Å². The molecule has 0 aliphatic rings. The Labute approximate surface area is 200 Å². The molecule has 9 heteroatoms. The van der Waals surface area contributed by atoms with Gasteiger partial charge in [-0.25, -0.2) is 0 Å². The Morgan fingerprint density at radius 2 is 1.68 bits per heavy atom. The van der Waals surface area contributed by atoms with Gasteiger partial charge < -0.3 is 33.9 Å². The van der Waals surface area contributed by atoms with E-state index in [1.807, 2.05) is 44.2 Å². The zero-order valence-corrected chi connectivity index (χ0v) is 20.3. The van der Waals surface area contributed by atoms with Crippen LogP contribution in [0.1, 0.15) is 31.3 Å². The Morgan fingerprint density at radius 3 is 2.26 bits per heavy atom. The summed E-state index contributed by atoms with van der Waals surface area (Å²) in [7, 11) is 4.65. The number of hydrogen-bond donors (Lipinski definition) is 2. The van der Waals surface area contributed by atoms with E-state index in [-0.39, 0.29) is 18.6 Å². The highest BCUT2D eigenvalue weighted by atomic mass is 16.5. The second-order valence-corrected chi connectivity index (χ2v) is 8.15. The van der Waals surface area contributed by atoms with Crippen LogP contribution in [0, 0.1) is 5.92 Å². The number of methoxy groups -OCH3 is 3. The number of benzene rings is 2. The van der Waals surface area contributed by atoms with Gasteiger partial charge in [-0.3, -0.25) is 0 Å². The van der Waals surface area contributed by atoms with Gasteiger partial charge >= 0.3 is 0 Å². The number of nitrogens with zero attached hydrogens (tertiary/aromatic N) is 2. The first-order valence-electron chi connectivity index (χ1n) is 11.1. The monoisotopic (exact) mass is 471 g/mol. The van der Waals surface area contributed by atoms with Crippen molar-refractivity contribution in [2.45, 2.75) is 32.6 Å². The second-order valence-electron chi connectivity index (χ2n) is 8.15. The van der Waals surface area contributed by atoms with Crippen LogP contribution in [-0.4, -0.2) is 55.8 Å². The fourth-order valence-electron chi connectivity index (χ4n) is 3.51. The van der Waals surface area contributed by atoms with Crippen LogP contribution in [0.4, 0.5) is 0 Å².